The lowest BCUT2D eigenvalue weighted by Gasteiger charge is -2.49. The number of nitrogens with one attached hydrogen (secondary N) is 1. The second-order valence-corrected chi connectivity index (χ2v) is 9.35. The van der Waals surface area contributed by atoms with Crippen LogP contribution in [0, 0.1) is 0 Å². The highest BCUT2D eigenvalue weighted by molar-refractivity contribution is 8.00. The Morgan fingerprint density at radius 2 is 1.82 bits per heavy atom. The van der Waals surface area contributed by atoms with Crippen LogP contribution in [0.4, 0.5) is 0 Å². The molecule has 0 saturated carbocycles. The zero-order valence-electron chi connectivity index (χ0n) is 19.3. The van der Waals surface area contributed by atoms with Gasteiger partial charge in [-0.1, -0.05) is 55.8 Å². The zero-order valence-corrected chi connectivity index (χ0v) is 20.1. The Hall–Kier alpha value is -3.26. The third-order valence-electron chi connectivity index (χ3n) is 5.85. The molecule has 0 aliphatic carbocycles. The van der Waals surface area contributed by atoms with E-state index in [1.807, 2.05) is 49.4 Å². The third-order valence-corrected chi connectivity index (χ3v) is 7.18. The number of ether oxygens (including phenoxy) is 2. The molecule has 2 aliphatic heterocycles. The van der Waals surface area contributed by atoms with Crippen molar-refractivity contribution in [3.63, 3.8) is 0 Å². The molecule has 34 heavy (non-hydrogen) atoms. The van der Waals surface area contributed by atoms with Crippen LogP contribution in [0.5, 0.6) is 5.75 Å². The fourth-order valence-electron chi connectivity index (χ4n) is 4.11. The molecule has 7 nitrogen and oxygen atoms in total. The molecular formula is C26H28N2O5S. The molecule has 2 amide bonds. The number of benzene rings is 2. The van der Waals surface area contributed by atoms with Crippen molar-refractivity contribution in [3.05, 3.63) is 77.0 Å². The molecule has 178 valence electrons. The predicted molar refractivity (Wildman–Crippen MR) is 130 cm³/mol. The Bertz CT molecular complexity index is 1080. The largest absolute Gasteiger partial charge is 0.497 e. The van der Waals surface area contributed by atoms with E-state index in [4.69, 9.17) is 9.47 Å². The van der Waals surface area contributed by atoms with E-state index >= 15 is 0 Å². The third kappa shape index (κ3) is 5.12. The Morgan fingerprint density at radius 1 is 1.09 bits per heavy atom. The molecule has 2 heterocycles. The minimum Gasteiger partial charge on any atom is -0.497 e. The van der Waals surface area contributed by atoms with Gasteiger partial charge in [-0.2, -0.15) is 0 Å². The standard InChI is InChI=1S/C26H28N2O5S/c1-3-7-19-16-34-25-22(27-21(29)14-17-8-5-4-6-9-17)24(30)28(25)23(19)26(31)33-15-18-10-12-20(32-2)13-11-18/h4-6,8-13,22,25H,3,7,14-16H2,1-2H3,(H,27,29). The number of thioether (sulfide) groups is 1. The number of carbonyl (C=O) groups excluding carboxylic acids is 3. The number of carbonyl (C=O) groups is 3. The van der Waals surface area contributed by atoms with Gasteiger partial charge in [-0.3, -0.25) is 14.5 Å². The molecule has 2 aromatic rings. The molecule has 2 atom stereocenters. The summed E-state index contributed by atoms with van der Waals surface area (Å²) in [5.74, 6) is 0.356. The van der Waals surface area contributed by atoms with Crippen molar-refractivity contribution in [2.24, 2.45) is 0 Å². The molecule has 0 radical (unpaired) electrons. The van der Waals surface area contributed by atoms with E-state index in [9.17, 15) is 14.4 Å². The number of β-lactam (4-membered cyclic amide) rings is 1. The molecule has 2 aliphatic rings. The predicted octanol–water partition coefficient (Wildman–Crippen LogP) is 3.44. The van der Waals surface area contributed by atoms with Crippen LogP contribution in [-0.4, -0.2) is 47.0 Å². The molecule has 0 spiro atoms. The summed E-state index contributed by atoms with van der Waals surface area (Å²) >= 11 is 1.57. The second kappa shape index (κ2) is 10.8. The van der Waals surface area contributed by atoms with Crippen molar-refractivity contribution < 1.29 is 23.9 Å². The normalized spacial score (nSPS) is 19.2. The van der Waals surface area contributed by atoms with E-state index in [1.54, 1.807) is 31.0 Å². The number of methoxy groups -OCH3 is 1. The summed E-state index contributed by atoms with van der Waals surface area (Å²) in [5, 5.41) is 2.54. The lowest BCUT2D eigenvalue weighted by Crippen LogP contribution is -2.70. The highest BCUT2D eigenvalue weighted by atomic mass is 32.2. The van der Waals surface area contributed by atoms with E-state index in [-0.39, 0.29) is 30.2 Å². The van der Waals surface area contributed by atoms with Gasteiger partial charge < -0.3 is 14.8 Å². The highest BCUT2D eigenvalue weighted by Gasteiger charge is 2.54. The molecule has 2 aromatic carbocycles. The number of esters is 1. The van der Waals surface area contributed by atoms with E-state index in [0.29, 0.717) is 17.9 Å². The van der Waals surface area contributed by atoms with Crippen molar-refractivity contribution in [3.8, 4) is 5.75 Å². The van der Waals surface area contributed by atoms with Crippen LogP contribution in [0.3, 0.4) is 0 Å². The number of nitrogens with zero attached hydrogens (tertiary/aromatic N) is 1. The fraction of sp³-hybridized carbons (Fsp3) is 0.346. The quantitative estimate of drug-likeness (QED) is 0.437. The first-order valence-electron chi connectivity index (χ1n) is 11.3. The minimum absolute atomic E-state index is 0.100. The van der Waals surface area contributed by atoms with Gasteiger partial charge >= 0.3 is 5.97 Å². The van der Waals surface area contributed by atoms with E-state index < -0.39 is 12.0 Å². The lowest BCUT2D eigenvalue weighted by molar-refractivity contribution is -0.153. The average molecular weight is 481 g/mol. The van der Waals surface area contributed by atoms with Gasteiger partial charge in [0.25, 0.3) is 5.91 Å². The summed E-state index contributed by atoms with van der Waals surface area (Å²) in [6, 6.07) is 16.0. The van der Waals surface area contributed by atoms with Crippen molar-refractivity contribution in [1.29, 1.82) is 0 Å². The SMILES string of the molecule is CCCC1=C(C(=O)OCc2ccc(OC)cc2)N2C(=O)C(NC(=O)Cc3ccccc3)C2SC1. The van der Waals surface area contributed by atoms with Gasteiger partial charge in [0.15, 0.2) is 0 Å². The van der Waals surface area contributed by atoms with Crippen LogP contribution >= 0.6 is 11.8 Å². The van der Waals surface area contributed by atoms with Crippen LogP contribution in [-0.2, 0) is 32.1 Å². The second-order valence-electron chi connectivity index (χ2n) is 8.24. The zero-order chi connectivity index (χ0) is 24.1. The maximum Gasteiger partial charge on any atom is 0.355 e. The number of fused-ring (bicyclic) bond motifs is 1. The molecule has 1 saturated heterocycles. The van der Waals surface area contributed by atoms with Crippen molar-refractivity contribution in [2.75, 3.05) is 12.9 Å². The highest BCUT2D eigenvalue weighted by Crippen LogP contribution is 2.41. The molecule has 4 rings (SSSR count). The first-order valence-corrected chi connectivity index (χ1v) is 12.4. The Kier molecular flexibility index (Phi) is 7.57. The van der Waals surface area contributed by atoms with Gasteiger partial charge in [-0.15, -0.1) is 11.8 Å². The van der Waals surface area contributed by atoms with Crippen LogP contribution in [0.2, 0.25) is 0 Å². The van der Waals surface area contributed by atoms with Gasteiger partial charge in [0, 0.05) is 5.75 Å². The molecule has 0 bridgehead atoms. The number of amides is 2. The van der Waals surface area contributed by atoms with Gasteiger partial charge in [0.05, 0.1) is 13.5 Å². The maximum atomic E-state index is 13.1. The van der Waals surface area contributed by atoms with E-state index in [2.05, 4.69) is 5.32 Å². The van der Waals surface area contributed by atoms with E-state index in [1.165, 1.54) is 4.90 Å². The van der Waals surface area contributed by atoms with Gasteiger partial charge in [-0.25, -0.2) is 4.79 Å². The molecule has 8 heteroatoms. The molecule has 2 unspecified atom stereocenters. The van der Waals surface area contributed by atoms with Crippen LogP contribution in [0.15, 0.2) is 65.9 Å². The van der Waals surface area contributed by atoms with Gasteiger partial charge in [-0.05, 0) is 35.3 Å². The fourth-order valence-corrected chi connectivity index (χ4v) is 5.50. The molecule has 1 fully saturated rings. The topological polar surface area (TPSA) is 84.9 Å². The molecule has 0 aromatic heterocycles. The van der Waals surface area contributed by atoms with Crippen molar-refractivity contribution in [2.45, 2.75) is 44.2 Å². The Labute approximate surface area is 203 Å². The van der Waals surface area contributed by atoms with Crippen molar-refractivity contribution >= 4 is 29.5 Å². The maximum absolute atomic E-state index is 13.1. The first-order chi connectivity index (χ1) is 16.5. The average Bonchev–Trinajstić information content (AvgIpc) is 2.86. The summed E-state index contributed by atoms with van der Waals surface area (Å²) in [6.45, 7) is 2.14. The van der Waals surface area contributed by atoms with Crippen LogP contribution < -0.4 is 10.1 Å². The monoisotopic (exact) mass is 480 g/mol. The van der Waals surface area contributed by atoms with Crippen LogP contribution in [0.1, 0.15) is 30.9 Å². The van der Waals surface area contributed by atoms with Crippen molar-refractivity contribution in [1.82, 2.24) is 10.2 Å². The number of hydrogen-bond acceptors (Lipinski definition) is 6. The van der Waals surface area contributed by atoms with Gasteiger partial charge in [0.2, 0.25) is 5.91 Å². The molecule has 1 N–H and O–H groups in total. The lowest BCUT2D eigenvalue weighted by atomic mass is 10.0. The summed E-state index contributed by atoms with van der Waals surface area (Å²) < 4.78 is 10.7. The van der Waals surface area contributed by atoms with E-state index in [0.717, 1.165) is 28.9 Å². The molecular weight excluding hydrogens is 452 g/mol. The summed E-state index contributed by atoms with van der Waals surface area (Å²) in [5.41, 5.74) is 2.95. The summed E-state index contributed by atoms with van der Waals surface area (Å²) in [7, 11) is 1.59. The Balaban J connectivity index is 1.43. The van der Waals surface area contributed by atoms with Gasteiger partial charge in [0.1, 0.15) is 29.5 Å². The first kappa shape index (κ1) is 23.9. The minimum atomic E-state index is -0.645. The number of rotatable bonds is 9. The smallest absolute Gasteiger partial charge is 0.355 e. The number of hydrogen-bond donors (Lipinski definition) is 1. The Morgan fingerprint density at radius 3 is 2.50 bits per heavy atom. The summed E-state index contributed by atoms with van der Waals surface area (Å²) in [4.78, 5) is 40.1. The summed E-state index contributed by atoms with van der Waals surface area (Å²) in [6.07, 6.45) is 1.77. The van der Waals surface area contributed by atoms with Crippen LogP contribution in [0.25, 0.3) is 0 Å².